The van der Waals surface area contributed by atoms with Crippen molar-refractivity contribution in [2.45, 2.75) is 6.42 Å². The van der Waals surface area contributed by atoms with Crippen LogP contribution in [0, 0.1) is 0 Å². The number of amides is 2. The van der Waals surface area contributed by atoms with Crippen LogP contribution in [0.4, 0.5) is 4.79 Å². The maximum absolute atomic E-state index is 12.1. The van der Waals surface area contributed by atoms with Crippen molar-refractivity contribution in [3.05, 3.63) is 0 Å². The van der Waals surface area contributed by atoms with Gasteiger partial charge in [-0.1, -0.05) is 0 Å². The number of carbonyl (C=O) groups is 1. The second-order valence-corrected chi connectivity index (χ2v) is 6.82. The van der Waals surface area contributed by atoms with E-state index in [0.29, 0.717) is 32.6 Å². The van der Waals surface area contributed by atoms with Crippen LogP contribution in [-0.4, -0.2) is 75.0 Å². The van der Waals surface area contributed by atoms with E-state index in [1.54, 1.807) is 9.80 Å². The van der Waals surface area contributed by atoms with Crippen molar-refractivity contribution >= 4 is 15.9 Å². The topological polar surface area (TPSA) is 69.7 Å². The number of rotatable bonds is 0. The maximum Gasteiger partial charge on any atom is 0.320 e. The molecule has 0 saturated carbocycles. The second-order valence-electron chi connectivity index (χ2n) is 4.51. The van der Waals surface area contributed by atoms with Gasteiger partial charge in [-0.3, -0.25) is 0 Å². The van der Waals surface area contributed by atoms with Crippen LogP contribution in [-0.2, 0) is 9.84 Å². The predicted octanol–water partition coefficient (Wildman–Crippen LogP) is -0.868. The van der Waals surface area contributed by atoms with Crippen LogP contribution < -0.4 is 5.32 Å². The molecule has 0 aromatic heterocycles. The van der Waals surface area contributed by atoms with Crippen LogP contribution in [0.15, 0.2) is 0 Å². The van der Waals surface area contributed by atoms with E-state index >= 15 is 0 Å². The summed E-state index contributed by atoms with van der Waals surface area (Å²) in [6.07, 6.45) is 0.556. The Bertz CT molecular complexity index is 376. The molecule has 2 aliphatic heterocycles. The molecule has 2 aliphatic rings. The van der Waals surface area contributed by atoms with Crippen LogP contribution in [0.1, 0.15) is 6.42 Å². The minimum atomic E-state index is -2.94. The minimum Gasteiger partial charge on any atom is -0.324 e. The molecule has 17 heavy (non-hydrogen) atoms. The molecular formula is C10H19N3O3S. The normalized spacial score (nSPS) is 25.4. The fourth-order valence-electron chi connectivity index (χ4n) is 2.19. The largest absolute Gasteiger partial charge is 0.324 e. The molecule has 0 aromatic rings. The van der Waals surface area contributed by atoms with Crippen molar-refractivity contribution in [1.29, 1.82) is 0 Å². The van der Waals surface area contributed by atoms with Crippen molar-refractivity contribution in [1.82, 2.24) is 15.1 Å². The van der Waals surface area contributed by atoms with Crippen LogP contribution in [0.25, 0.3) is 0 Å². The van der Waals surface area contributed by atoms with Gasteiger partial charge in [-0.05, 0) is 6.42 Å². The van der Waals surface area contributed by atoms with Gasteiger partial charge in [0.25, 0.3) is 0 Å². The summed E-state index contributed by atoms with van der Waals surface area (Å²) in [5.41, 5.74) is 0. The highest BCUT2D eigenvalue weighted by Crippen LogP contribution is 2.08. The summed E-state index contributed by atoms with van der Waals surface area (Å²) in [6.45, 7) is 3.95. The van der Waals surface area contributed by atoms with Gasteiger partial charge in [-0.15, -0.1) is 0 Å². The molecule has 2 fully saturated rings. The number of hydrogen-bond donors (Lipinski definition) is 1. The van der Waals surface area contributed by atoms with Crippen LogP contribution in [0.5, 0.6) is 0 Å². The number of nitrogens with one attached hydrogen (secondary N) is 1. The Morgan fingerprint density at radius 3 is 2.29 bits per heavy atom. The van der Waals surface area contributed by atoms with E-state index in [1.807, 2.05) is 0 Å². The maximum atomic E-state index is 12.1. The highest BCUT2D eigenvalue weighted by atomic mass is 32.2. The third kappa shape index (κ3) is 3.32. The van der Waals surface area contributed by atoms with E-state index < -0.39 is 9.84 Å². The fourth-order valence-corrected chi connectivity index (χ4v) is 3.46. The average molecular weight is 261 g/mol. The molecule has 0 aromatic carbocycles. The van der Waals surface area contributed by atoms with Crippen molar-refractivity contribution in [2.24, 2.45) is 0 Å². The van der Waals surface area contributed by atoms with Gasteiger partial charge in [0.2, 0.25) is 0 Å². The standard InChI is InChI=1S/C10H19N3O3S/c14-10(13-5-2-11-3-6-13)12-4-1-8-17(15,16)9-7-12/h11H,1-9H2. The third-order valence-corrected chi connectivity index (χ3v) is 4.93. The molecule has 98 valence electrons. The van der Waals surface area contributed by atoms with E-state index in [2.05, 4.69) is 5.32 Å². The lowest BCUT2D eigenvalue weighted by atomic mass is 10.3. The van der Waals surface area contributed by atoms with Gasteiger partial charge in [0.05, 0.1) is 11.5 Å². The molecule has 2 saturated heterocycles. The zero-order valence-electron chi connectivity index (χ0n) is 9.89. The molecule has 1 N–H and O–H groups in total. The van der Waals surface area contributed by atoms with Crippen LogP contribution in [0.2, 0.25) is 0 Å². The summed E-state index contributed by atoms with van der Waals surface area (Å²) in [6, 6.07) is -0.0106. The van der Waals surface area contributed by atoms with Crippen molar-refractivity contribution in [3.8, 4) is 0 Å². The summed E-state index contributed by atoms with van der Waals surface area (Å²) in [4.78, 5) is 15.6. The fraction of sp³-hybridized carbons (Fsp3) is 0.900. The lowest BCUT2D eigenvalue weighted by molar-refractivity contribution is 0.150. The summed E-state index contributed by atoms with van der Waals surface area (Å²) in [5.74, 6) is 0.309. The molecule has 2 rings (SSSR count). The summed E-state index contributed by atoms with van der Waals surface area (Å²) < 4.78 is 22.9. The molecule has 0 atom stereocenters. The first-order valence-corrected chi connectivity index (χ1v) is 7.86. The molecule has 6 nitrogen and oxygen atoms in total. The van der Waals surface area contributed by atoms with E-state index in [0.717, 1.165) is 13.1 Å². The number of carbonyl (C=O) groups excluding carboxylic acids is 1. The van der Waals surface area contributed by atoms with Gasteiger partial charge >= 0.3 is 6.03 Å². The van der Waals surface area contributed by atoms with Gasteiger partial charge in [-0.2, -0.15) is 0 Å². The molecule has 2 amide bonds. The van der Waals surface area contributed by atoms with Gasteiger partial charge < -0.3 is 15.1 Å². The Morgan fingerprint density at radius 1 is 0.941 bits per heavy atom. The first kappa shape index (κ1) is 12.6. The third-order valence-electron chi connectivity index (χ3n) is 3.21. The summed E-state index contributed by atoms with van der Waals surface area (Å²) in [5, 5.41) is 3.19. The lowest BCUT2D eigenvalue weighted by Crippen LogP contribution is -2.52. The van der Waals surface area contributed by atoms with E-state index in [1.165, 1.54) is 0 Å². The van der Waals surface area contributed by atoms with Crippen molar-refractivity contribution in [3.63, 3.8) is 0 Å². The first-order valence-electron chi connectivity index (χ1n) is 6.03. The quantitative estimate of drug-likeness (QED) is 0.615. The summed E-state index contributed by atoms with van der Waals surface area (Å²) in [7, 11) is -2.94. The number of piperazine rings is 1. The molecule has 0 radical (unpaired) electrons. The van der Waals surface area contributed by atoms with E-state index in [-0.39, 0.29) is 17.5 Å². The second kappa shape index (κ2) is 5.22. The molecule has 7 heteroatoms. The van der Waals surface area contributed by atoms with Crippen LogP contribution >= 0.6 is 0 Å². The van der Waals surface area contributed by atoms with E-state index in [9.17, 15) is 13.2 Å². The number of hydrogen-bond acceptors (Lipinski definition) is 4. The highest BCUT2D eigenvalue weighted by molar-refractivity contribution is 7.91. The van der Waals surface area contributed by atoms with Gasteiger partial charge in [0.15, 0.2) is 9.84 Å². The Hall–Kier alpha value is -0.820. The minimum absolute atomic E-state index is 0.0106. The van der Waals surface area contributed by atoms with Gasteiger partial charge in [-0.25, -0.2) is 13.2 Å². The lowest BCUT2D eigenvalue weighted by Gasteiger charge is -2.32. The Labute approximate surface area is 102 Å². The highest BCUT2D eigenvalue weighted by Gasteiger charge is 2.26. The molecule has 0 spiro atoms. The van der Waals surface area contributed by atoms with Crippen molar-refractivity contribution in [2.75, 3.05) is 50.8 Å². The van der Waals surface area contributed by atoms with Crippen molar-refractivity contribution < 1.29 is 13.2 Å². The smallest absolute Gasteiger partial charge is 0.320 e. The van der Waals surface area contributed by atoms with Gasteiger partial charge in [0.1, 0.15) is 0 Å². The first-order chi connectivity index (χ1) is 8.08. The predicted molar refractivity (Wildman–Crippen MR) is 64.7 cm³/mol. The Kier molecular flexibility index (Phi) is 3.88. The Balaban J connectivity index is 1.95. The van der Waals surface area contributed by atoms with E-state index in [4.69, 9.17) is 0 Å². The average Bonchev–Trinajstić information content (AvgIpc) is 2.50. The molecule has 2 heterocycles. The molecule has 0 aliphatic carbocycles. The number of sulfone groups is 1. The monoisotopic (exact) mass is 261 g/mol. The van der Waals surface area contributed by atoms with Gasteiger partial charge in [0, 0.05) is 39.3 Å². The van der Waals surface area contributed by atoms with Crippen LogP contribution in [0.3, 0.4) is 0 Å². The molecule has 0 unspecified atom stereocenters. The zero-order valence-corrected chi connectivity index (χ0v) is 10.7. The summed E-state index contributed by atoms with van der Waals surface area (Å²) >= 11 is 0. The molecular weight excluding hydrogens is 242 g/mol. The molecule has 0 bridgehead atoms. The number of urea groups is 1. The Morgan fingerprint density at radius 2 is 1.59 bits per heavy atom. The SMILES string of the molecule is O=C(N1CCNCC1)N1CCCS(=O)(=O)CC1. The number of nitrogens with zero attached hydrogens (tertiary/aromatic N) is 2. The zero-order chi connectivity index (χ0) is 12.3.